The number of amides is 1. The number of methoxy groups -OCH3 is 2. The van der Waals surface area contributed by atoms with E-state index < -0.39 is 11.7 Å². The molecular weight excluding hydrogens is 469 g/mol. The van der Waals surface area contributed by atoms with E-state index in [1.54, 1.807) is 13.0 Å². The normalized spacial score (nSPS) is 17.4. The van der Waals surface area contributed by atoms with Crippen molar-refractivity contribution in [2.24, 2.45) is 11.8 Å². The maximum Gasteiger partial charge on any atom is 0.308 e. The molecule has 3 aromatic rings. The highest BCUT2D eigenvalue weighted by atomic mass is 19.1. The Labute approximate surface area is 207 Å². The van der Waals surface area contributed by atoms with Crippen LogP contribution in [0.4, 0.5) is 4.39 Å². The van der Waals surface area contributed by atoms with Crippen molar-refractivity contribution in [3.63, 3.8) is 0 Å². The van der Waals surface area contributed by atoms with Gasteiger partial charge in [0.2, 0.25) is 5.82 Å². The van der Waals surface area contributed by atoms with Crippen molar-refractivity contribution in [2.75, 3.05) is 14.2 Å². The Balaban J connectivity index is 1.39. The molecule has 4 rings (SSSR count). The number of hydrogen-bond donors (Lipinski definition) is 1. The molecule has 11 nitrogen and oxygen atoms in total. The van der Waals surface area contributed by atoms with Crippen LogP contribution in [0.3, 0.4) is 0 Å². The molecule has 0 bridgehead atoms. The molecule has 1 saturated carbocycles. The molecule has 1 aromatic carbocycles. The molecule has 1 aliphatic carbocycles. The lowest BCUT2D eigenvalue weighted by molar-refractivity contribution is -0.146. The molecule has 0 aliphatic heterocycles. The standard InChI is InChI=1S/C24H28FN7O4/c1-14-27-19(11-20(28-14)23(33)26-12-16-6-9-18(25)21(10-16)35-2)22-29-31-32(30-22)13-15-4-7-17(8-5-15)24(34)36-3/h6,9-11,15,17H,4-5,7-8,12-13H2,1-3H3,(H,26,33). The fraction of sp³-hybridized carbons (Fsp3) is 0.458. The summed E-state index contributed by atoms with van der Waals surface area (Å²) in [6, 6.07) is 5.89. The van der Waals surface area contributed by atoms with Crippen LogP contribution in [0.1, 0.15) is 47.6 Å². The van der Waals surface area contributed by atoms with E-state index in [0.717, 1.165) is 25.7 Å². The molecule has 0 saturated heterocycles. The van der Waals surface area contributed by atoms with Gasteiger partial charge in [-0.2, -0.15) is 4.80 Å². The van der Waals surface area contributed by atoms with Crippen LogP contribution in [0.15, 0.2) is 24.3 Å². The number of esters is 1. The van der Waals surface area contributed by atoms with Gasteiger partial charge in [0.25, 0.3) is 5.91 Å². The Morgan fingerprint density at radius 1 is 1.14 bits per heavy atom. The van der Waals surface area contributed by atoms with Gasteiger partial charge < -0.3 is 14.8 Å². The number of halogens is 1. The van der Waals surface area contributed by atoms with E-state index in [9.17, 15) is 14.0 Å². The summed E-state index contributed by atoms with van der Waals surface area (Å²) in [7, 11) is 2.80. The summed E-state index contributed by atoms with van der Waals surface area (Å²) in [5.41, 5.74) is 1.22. The summed E-state index contributed by atoms with van der Waals surface area (Å²) >= 11 is 0. The number of ether oxygens (including phenoxy) is 2. The first-order valence-electron chi connectivity index (χ1n) is 11.7. The van der Waals surface area contributed by atoms with Gasteiger partial charge >= 0.3 is 5.97 Å². The molecule has 0 spiro atoms. The summed E-state index contributed by atoms with van der Waals surface area (Å²) in [5, 5.41) is 15.5. The number of nitrogens with zero attached hydrogens (tertiary/aromatic N) is 6. The SMILES string of the molecule is COC(=O)C1CCC(Cn2nnc(-c3cc(C(=O)NCc4ccc(F)c(OC)c4)nc(C)n3)n2)CC1. The van der Waals surface area contributed by atoms with Crippen LogP contribution < -0.4 is 10.1 Å². The number of tetrazole rings is 1. The first kappa shape index (κ1) is 25.1. The lowest BCUT2D eigenvalue weighted by Crippen LogP contribution is -2.25. The largest absolute Gasteiger partial charge is 0.494 e. The second-order valence-electron chi connectivity index (χ2n) is 8.75. The summed E-state index contributed by atoms with van der Waals surface area (Å²) < 4.78 is 23.4. The highest BCUT2D eigenvalue weighted by molar-refractivity contribution is 5.93. The Kier molecular flexibility index (Phi) is 7.81. The third-order valence-electron chi connectivity index (χ3n) is 6.22. The molecule has 1 aliphatic rings. The number of hydrogen-bond acceptors (Lipinski definition) is 9. The molecule has 36 heavy (non-hydrogen) atoms. The minimum absolute atomic E-state index is 0.0378. The Hall–Kier alpha value is -3.96. The molecule has 2 aromatic heterocycles. The van der Waals surface area contributed by atoms with Crippen LogP contribution in [0, 0.1) is 24.6 Å². The van der Waals surface area contributed by atoms with Crippen LogP contribution >= 0.6 is 0 Å². The molecule has 0 radical (unpaired) electrons. The minimum atomic E-state index is -0.474. The predicted octanol–water partition coefficient (Wildman–Crippen LogP) is 2.50. The van der Waals surface area contributed by atoms with Crippen molar-refractivity contribution in [1.82, 2.24) is 35.5 Å². The molecule has 190 valence electrons. The first-order chi connectivity index (χ1) is 17.4. The summed E-state index contributed by atoms with van der Waals surface area (Å²) in [6.07, 6.45) is 3.33. The van der Waals surface area contributed by atoms with Gasteiger partial charge in [-0.25, -0.2) is 14.4 Å². The number of benzene rings is 1. The maximum absolute atomic E-state index is 13.6. The molecule has 1 N–H and O–H groups in total. The van der Waals surface area contributed by atoms with Crippen molar-refractivity contribution in [3.8, 4) is 17.3 Å². The highest BCUT2D eigenvalue weighted by Crippen LogP contribution is 2.30. The average Bonchev–Trinajstić information content (AvgIpc) is 3.36. The molecule has 1 amide bonds. The second kappa shape index (κ2) is 11.2. The van der Waals surface area contributed by atoms with Crippen LogP contribution in [0.25, 0.3) is 11.5 Å². The lowest BCUT2D eigenvalue weighted by atomic mass is 9.82. The van der Waals surface area contributed by atoms with E-state index in [0.29, 0.717) is 35.4 Å². The summed E-state index contributed by atoms with van der Waals surface area (Å²) in [6.45, 7) is 2.43. The van der Waals surface area contributed by atoms with Gasteiger partial charge in [-0.3, -0.25) is 9.59 Å². The minimum Gasteiger partial charge on any atom is -0.494 e. The average molecular weight is 498 g/mol. The predicted molar refractivity (Wildman–Crippen MR) is 125 cm³/mol. The smallest absolute Gasteiger partial charge is 0.308 e. The third kappa shape index (κ3) is 5.99. The second-order valence-corrected chi connectivity index (χ2v) is 8.75. The van der Waals surface area contributed by atoms with Crippen molar-refractivity contribution in [3.05, 3.63) is 47.2 Å². The van der Waals surface area contributed by atoms with Crippen molar-refractivity contribution < 1.29 is 23.5 Å². The van der Waals surface area contributed by atoms with Crippen molar-refractivity contribution in [1.29, 1.82) is 0 Å². The lowest BCUT2D eigenvalue weighted by Gasteiger charge is -2.26. The van der Waals surface area contributed by atoms with Gasteiger partial charge in [-0.05, 0) is 67.5 Å². The molecule has 0 atom stereocenters. The van der Waals surface area contributed by atoms with Crippen LogP contribution in [-0.2, 0) is 22.6 Å². The monoisotopic (exact) mass is 497 g/mol. The zero-order chi connectivity index (χ0) is 25.7. The van der Waals surface area contributed by atoms with Gasteiger partial charge in [-0.15, -0.1) is 10.2 Å². The Morgan fingerprint density at radius 2 is 1.92 bits per heavy atom. The number of rotatable bonds is 8. The number of nitrogens with one attached hydrogen (secondary N) is 1. The molecule has 0 unspecified atom stereocenters. The number of aromatic nitrogens is 6. The summed E-state index contributed by atoms with van der Waals surface area (Å²) in [4.78, 5) is 34.6. The van der Waals surface area contributed by atoms with Gasteiger partial charge in [0.15, 0.2) is 11.6 Å². The zero-order valence-electron chi connectivity index (χ0n) is 20.4. The molecular formula is C24H28FN7O4. The quantitative estimate of drug-likeness (QED) is 0.466. The third-order valence-corrected chi connectivity index (χ3v) is 6.22. The van der Waals surface area contributed by atoms with E-state index in [1.807, 2.05) is 0 Å². The number of carbonyl (C=O) groups excluding carboxylic acids is 2. The number of aryl methyl sites for hydroxylation is 1. The Bertz CT molecular complexity index is 1240. The summed E-state index contributed by atoms with van der Waals surface area (Å²) in [5.74, 6) is 0.0479. The van der Waals surface area contributed by atoms with Gasteiger partial charge in [0, 0.05) is 6.54 Å². The number of carbonyl (C=O) groups is 2. The maximum atomic E-state index is 13.6. The molecule has 2 heterocycles. The van der Waals surface area contributed by atoms with E-state index in [4.69, 9.17) is 9.47 Å². The first-order valence-corrected chi connectivity index (χ1v) is 11.7. The van der Waals surface area contributed by atoms with Crippen LogP contribution in [-0.4, -0.2) is 56.3 Å². The fourth-order valence-corrected chi connectivity index (χ4v) is 4.29. The van der Waals surface area contributed by atoms with E-state index in [1.165, 1.54) is 37.2 Å². The van der Waals surface area contributed by atoms with Gasteiger partial charge in [0.05, 0.1) is 26.7 Å². The Morgan fingerprint density at radius 3 is 2.64 bits per heavy atom. The molecule has 12 heteroatoms. The highest BCUT2D eigenvalue weighted by Gasteiger charge is 2.27. The zero-order valence-corrected chi connectivity index (χ0v) is 20.4. The van der Waals surface area contributed by atoms with E-state index >= 15 is 0 Å². The van der Waals surface area contributed by atoms with Crippen molar-refractivity contribution in [2.45, 2.75) is 45.7 Å². The van der Waals surface area contributed by atoms with E-state index in [2.05, 4.69) is 30.7 Å². The fourth-order valence-electron chi connectivity index (χ4n) is 4.29. The van der Waals surface area contributed by atoms with E-state index in [-0.39, 0.29) is 29.9 Å². The van der Waals surface area contributed by atoms with Crippen LogP contribution in [0.2, 0.25) is 0 Å². The van der Waals surface area contributed by atoms with Crippen molar-refractivity contribution >= 4 is 11.9 Å². The van der Waals surface area contributed by atoms with Crippen LogP contribution in [0.5, 0.6) is 5.75 Å². The van der Waals surface area contributed by atoms with Gasteiger partial charge in [-0.1, -0.05) is 6.07 Å². The molecule has 1 fully saturated rings. The topological polar surface area (TPSA) is 134 Å². The van der Waals surface area contributed by atoms with Gasteiger partial charge in [0.1, 0.15) is 17.2 Å².